The maximum Gasteiger partial charge on any atom is 0.188 e. The van der Waals surface area contributed by atoms with Crippen LogP contribution in [0, 0.1) is 11.6 Å². The van der Waals surface area contributed by atoms with Gasteiger partial charge in [-0.3, -0.25) is 9.78 Å². The van der Waals surface area contributed by atoms with Gasteiger partial charge >= 0.3 is 0 Å². The van der Waals surface area contributed by atoms with Crippen LogP contribution < -0.4 is 0 Å². The number of aromatic nitrogens is 2. The number of fused-ring (bicyclic) bond motifs is 1. The Bertz CT molecular complexity index is 891. The summed E-state index contributed by atoms with van der Waals surface area (Å²) in [6.07, 6.45) is 4.16. The van der Waals surface area contributed by atoms with Crippen LogP contribution in [0.2, 0.25) is 0 Å². The van der Waals surface area contributed by atoms with E-state index in [9.17, 15) is 13.6 Å². The third-order valence-corrected chi connectivity index (χ3v) is 3.07. The second-order valence-corrected chi connectivity index (χ2v) is 4.61. The maximum atomic E-state index is 13.5. The van der Waals surface area contributed by atoms with Gasteiger partial charge in [0.2, 0.25) is 0 Å². The fraction of sp³-hybridized carbons (Fsp3) is 0. The van der Waals surface area contributed by atoms with Crippen molar-refractivity contribution in [3.63, 3.8) is 0 Å². The van der Waals surface area contributed by atoms with Crippen molar-refractivity contribution in [3.05, 3.63) is 77.6 Å². The van der Waals surface area contributed by atoms with E-state index in [0.29, 0.717) is 17.3 Å². The number of nitrogens with zero attached hydrogens (tertiary/aromatic N) is 2. The summed E-state index contributed by atoms with van der Waals surface area (Å²) in [7, 11) is 0. The number of hydrogen-bond acceptors (Lipinski definition) is 3. The lowest BCUT2D eigenvalue weighted by atomic mass is 10.1. The van der Waals surface area contributed by atoms with Crippen molar-refractivity contribution in [2.75, 3.05) is 0 Å². The fourth-order valence-corrected chi connectivity index (χ4v) is 1.99. The van der Waals surface area contributed by atoms with Crippen molar-refractivity contribution in [2.45, 2.75) is 0 Å². The molecular formula is C17H10F2N2O. The third kappa shape index (κ3) is 2.88. The summed E-state index contributed by atoms with van der Waals surface area (Å²) in [5.41, 5.74) is 1.74. The average Bonchev–Trinajstić information content (AvgIpc) is 2.52. The number of carbonyl (C=O) groups is 1. The lowest BCUT2D eigenvalue weighted by Crippen LogP contribution is -1.99. The van der Waals surface area contributed by atoms with E-state index in [1.165, 1.54) is 18.3 Å². The first-order valence-electron chi connectivity index (χ1n) is 6.53. The molecule has 0 aliphatic rings. The molecule has 0 radical (unpaired) electrons. The summed E-state index contributed by atoms with van der Waals surface area (Å²) in [4.78, 5) is 20.5. The van der Waals surface area contributed by atoms with Gasteiger partial charge in [0.25, 0.3) is 0 Å². The lowest BCUT2D eigenvalue weighted by Gasteiger charge is -1.99. The quantitative estimate of drug-likeness (QED) is 0.545. The first kappa shape index (κ1) is 14.0. The van der Waals surface area contributed by atoms with Gasteiger partial charge in [-0.15, -0.1) is 0 Å². The predicted molar refractivity (Wildman–Crippen MR) is 79.3 cm³/mol. The van der Waals surface area contributed by atoms with Crippen molar-refractivity contribution in [2.24, 2.45) is 0 Å². The molecule has 22 heavy (non-hydrogen) atoms. The molecule has 0 aliphatic carbocycles. The van der Waals surface area contributed by atoms with E-state index >= 15 is 0 Å². The van der Waals surface area contributed by atoms with Crippen LogP contribution in [0.5, 0.6) is 0 Å². The number of benzene rings is 2. The smallest absolute Gasteiger partial charge is 0.188 e. The molecule has 3 rings (SSSR count). The number of ketones is 1. The zero-order valence-corrected chi connectivity index (χ0v) is 11.3. The summed E-state index contributed by atoms with van der Waals surface area (Å²) < 4.78 is 26.3. The van der Waals surface area contributed by atoms with Crippen LogP contribution >= 0.6 is 0 Å². The number of hydrogen-bond donors (Lipinski definition) is 0. The van der Waals surface area contributed by atoms with E-state index in [1.807, 2.05) is 18.2 Å². The van der Waals surface area contributed by atoms with Crippen LogP contribution in [0.1, 0.15) is 16.1 Å². The minimum absolute atomic E-state index is 0.189. The Hall–Kier alpha value is -2.95. The van der Waals surface area contributed by atoms with Gasteiger partial charge in [0.15, 0.2) is 5.78 Å². The molecule has 5 heteroatoms. The molecule has 1 heterocycles. The summed E-state index contributed by atoms with van der Waals surface area (Å²) in [6.45, 7) is 0. The van der Waals surface area contributed by atoms with Crippen molar-refractivity contribution in [1.29, 1.82) is 0 Å². The van der Waals surface area contributed by atoms with E-state index in [-0.39, 0.29) is 5.56 Å². The Morgan fingerprint density at radius 1 is 1.05 bits per heavy atom. The Morgan fingerprint density at radius 2 is 1.82 bits per heavy atom. The third-order valence-electron chi connectivity index (χ3n) is 3.07. The molecule has 0 bridgehead atoms. The topological polar surface area (TPSA) is 42.9 Å². The van der Waals surface area contributed by atoms with Gasteiger partial charge in [-0.25, -0.2) is 13.8 Å². The molecule has 1 aromatic heterocycles. The Morgan fingerprint density at radius 3 is 2.59 bits per heavy atom. The Kier molecular flexibility index (Phi) is 3.70. The van der Waals surface area contributed by atoms with Gasteiger partial charge in [0.05, 0.1) is 28.5 Å². The first-order valence-corrected chi connectivity index (χ1v) is 6.53. The molecular weight excluding hydrogens is 286 g/mol. The molecule has 0 aliphatic heterocycles. The van der Waals surface area contributed by atoms with Gasteiger partial charge in [-0.05, 0) is 36.4 Å². The molecule has 0 spiro atoms. The van der Waals surface area contributed by atoms with Crippen LogP contribution in [0.25, 0.3) is 17.1 Å². The molecule has 3 nitrogen and oxygen atoms in total. The van der Waals surface area contributed by atoms with Crippen molar-refractivity contribution >= 4 is 22.9 Å². The predicted octanol–water partition coefficient (Wildman–Crippen LogP) is 3.80. The summed E-state index contributed by atoms with van der Waals surface area (Å²) in [5, 5.41) is 0. The second kappa shape index (κ2) is 5.81. The second-order valence-electron chi connectivity index (χ2n) is 4.61. The molecule has 108 valence electrons. The number of carbonyl (C=O) groups excluding carboxylic acids is 1. The van der Waals surface area contributed by atoms with Crippen LogP contribution in [-0.2, 0) is 0 Å². The zero-order valence-electron chi connectivity index (χ0n) is 11.3. The van der Waals surface area contributed by atoms with Gasteiger partial charge < -0.3 is 0 Å². The van der Waals surface area contributed by atoms with E-state index in [2.05, 4.69) is 9.97 Å². The lowest BCUT2D eigenvalue weighted by molar-refractivity contribution is 0.104. The molecule has 0 amide bonds. The standard InChI is InChI=1S/C17H10F2N2O/c18-11-5-7-13(14(19)9-11)17(22)8-6-12-10-20-15-3-1-2-4-16(15)21-12/h1-10H/b8-6+. The largest absolute Gasteiger partial charge is 0.289 e. The van der Waals surface area contributed by atoms with E-state index in [0.717, 1.165) is 17.6 Å². The van der Waals surface area contributed by atoms with E-state index in [4.69, 9.17) is 0 Å². The number of allylic oxidation sites excluding steroid dienone is 1. The highest BCUT2D eigenvalue weighted by molar-refractivity contribution is 6.06. The first-order chi connectivity index (χ1) is 10.6. The molecule has 0 saturated heterocycles. The highest BCUT2D eigenvalue weighted by Gasteiger charge is 2.09. The summed E-state index contributed by atoms with van der Waals surface area (Å²) in [6, 6.07) is 10.2. The molecule has 0 N–H and O–H groups in total. The van der Waals surface area contributed by atoms with Crippen LogP contribution in [0.4, 0.5) is 8.78 Å². The molecule has 0 saturated carbocycles. The highest BCUT2D eigenvalue weighted by atomic mass is 19.1. The van der Waals surface area contributed by atoms with Gasteiger partial charge in [0, 0.05) is 6.07 Å². The normalized spacial score (nSPS) is 11.2. The van der Waals surface area contributed by atoms with Crippen molar-refractivity contribution in [3.8, 4) is 0 Å². The Labute approximate surface area is 125 Å². The molecule has 0 fully saturated rings. The van der Waals surface area contributed by atoms with Crippen LogP contribution in [0.15, 0.2) is 54.7 Å². The molecule has 2 aromatic carbocycles. The number of para-hydroxylation sites is 2. The van der Waals surface area contributed by atoms with Gasteiger partial charge in [-0.2, -0.15) is 0 Å². The van der Waals surface area contributed by atoms with Gasteiger partial charge in [0.1, 0.15) is 11.6 Å². The number of halogens is 2. The fourth-order valence-electron chi connectivity index (χ4n) is 1.99. The molecule has 3 aromatic rings. The van der Waals surface area contributed by atoms with E-state index < -0.39 is 17.4 Å². The van der Waals surface area contributed by atoms with Crippen molar-refractivity contribution in [1.82, 2.24) is 9.97 Å². The zero-order chi connectivity index (χ0) is 15.5. The van der Waals surface area contributed by atoms with E-state index in [1.54, 1.807) is 6.07 Å². The maximum absolute atomic E-state index is 13.5. The van der Waals surface area contributed by atoms with Gasteiger partial charge in [-0.1, -0.05) is 12.1 Å². The minimum atomic E-state index is -0.890. The molecule has 0 unspecified atom stereocenters. The summed E-state index contributed by atoms with van der Waals surface area (Å²) >= 11 is 0. The van der Waals surface area contributed by atoms with Crippen LogP contribution in [-0.4, -0.2) is 15.8 Å². The highest BCUT2D eigenvalue weighted by Crippen LogP contribution is 2.13. The minimum Gasteiger partial charge on any atom is -0.289 e. The van der Waals surface area contributed by atoms with Crippen molar-refractivity contribution < 1.29 is 13.6 Å². The Balaban J connectivity index is 1.87. The monoisotopic (exact) mass is 296 g/mol. The average molecular weight is 296 g/mol. The SMILES string of the molecule is O=C(/C=C/c1cnc2ccccc2n1)c1ccc(F)cc1F. The number of rotatable bonds is 3. The molecule has 0 atom stereocenters. The summed E-state index contributed by atoms with van der Waals surface area (Å²) in [5.74, 6) is -2.18. The van der Waals surface area contributed by atoms with Crippen LogP contribution in [0.3, 0.4) is 0 Å².